The highest BCUT2D eigenvalue weighted by Crippen LogP contribution is 2.25. The second kappa shape index (κ2) is 5.58. The number of ether oxygens (including phenoxy) is 1. The Hall–Kier alpha value is -2.95. The Labute approximate surface area is 122 Å². The van der Waals surface area contributed by atoms with Crippen LogP contribution in [-0.4, -0.2) is 15.0 Å². The number of aryl methyl sites for hydroxylation is 1. The van der Waals surface area contributed by atoms with Gasteiger partial charge >= 0.3 is 0 Å². The summed E-state index contributed by atoms with van der Waals surface area (Å²) in [4.78, 5) is 12.5. The number of nitrogen functional groups attached to an aromatic ring is 1. The van der Waals surface area contributed by atoms with Crippen molar-refractivity contribution in [1.29, 1.82) is 0 Å². The van der Waals surface area contributed by atoms with Crippen LogP contribution in [-0.2, 0) is 0 Å². The van der Waals surface area contributed by atoms with Crippen LogP contribution in [0.2, 0.25) is 0 Å². The third-order valence-corrected chi connectivity index (χ3v) is 2.92. The van der Waals surface area contributed by atoms with E-state index in [1.165, 1.54) is 0 Å². The number of nitrogens with zero attached hydrogens (tertiary/aromatic N) is 3. The Bertz CT molecular complexity index is 756. The molecule has 0 fully saturated rings. The lowest BCUT2D eigenvalue weighted by molar-refractivity contribution is 0.480. The van der Waals surface area contributed by atoms with Crippen molar-refractivity contribution < 1.29 is 4.74 Å². The van der Waals surface area contributed by atoms with E-state index in [-0.39, 0.29) is 0 Å². The highest BCUT2D eigenvalue weighted by molar-refractivity contribution is 5.60. The molecule has 0 radical (unpaired) electrons. The molecule has 0 saturated heterocycles. The molecule has 0 atom stereocenters. The van der Waals surface area contributed by atoms with Crippen molar-refractivity contribution in [2.24, 2.45) is 0 Å². The molecule has 0 unspecified atom stereocenters. The summed E-state index contributed by atoms with van der Waals surface area (Å²) in [6, 6.07) is 11.1. The Balaban J connectivity index is 1.88. The molecule has 0 aliphatic rings. The average Bonchev–Trinajstić information content (AvgIpc) is 2.50. The third kappa shape index (κ3) is 3.14. The van der Waals surface area contributed by atoms with Crippen LogP contribution in [0.25, 0.3) is 11.3 Å². The Morgan fingerprint density at radius 2 is 1.76 bits per heavy atom. The van der Waals surface area contributed by atoms with Crippen molar-refractivity contribution in [2.45, 2.75) is 6.92 Å². The molecule has 104 valence electrons. The van der Waals surface area contributed by atoms with Gasteiger partial charge in [-0.2, -0.15) is 0 Å². The summed E-state index contributed by atoms with van der Waals surface area (Å²) < 4.78 is 5.75. The number of anilines is 1. The predicted octanol–water partition coefficient (Wildman–Crippen LogP) is 3.22. The number of hydrogen-bond acceptors (Lipinski definition) is 5. The number of rotatable bonds is 3. The van der Waals surface area contributed by atoms with E-state index in [1.54, 1.807) is 36.8 Å². The minimum atomic E-state index is 0.463. The van der Waals surface area contributed by atoms with Gasteiger partial charge in [-0.3, -0.25) is 9.97 Å². The van der Waals surface area contributed by atoms with Gasteiger partial charge in [-0.15, -0.1) is 0 Å². The molecule has 3 aromatic heterocycles. The molecule has 5 heteroatoms. The lowest BCUT2D eigenvalue weighted by atomic mass is 10.1. The first-order valence-corrected chi connectivity index (χ1v) is 6.49. The Morgan fingerprint density at radius 1 is 0.905 bits per heavy atom. The standard InChI is InChI=1S/C16H14N4O/c1-11-8-12(4-6-18-11)15-9-13(5-7-19-15)21-14-2-3-16(17)20-10-14/h2-10H,1H3,(H2,17,20). The first kappa shape index (κ1) is 13.1. The lowest BCUT2D eigenvalue weighted by Crippen LogP contribution is -1.91. The van der Waals surface area contributed by atoms with Gasteiger partial charge in [0.05, 0.1) is 11.9 Å². The van der Waals surface area contributed by atoms with Gasteiger partial charge in [-0.25, -0.2) is 4.98 Å². The second-order valence-electron chi connectivity index (χ2n) is 4.58. The smallest absolute Gasteiger partial charge is 0.145 e. The molecule has 0 aromatic carbocycles. The molecule has 0 spiro atoms. The van der Waals surface area contributed by atoms with Crippen molar-refractivity contribution in [1.82, 2.24) is 15.0 Å². The largest absolute Gasteiger partial charge is 0.456 e. The summed E-state index contributed by atoms with van der Waals surface area (Å²) >= 11 is 0. The zero-order chi connectivity index (χ0) is 14.7. The summed E-state index contributed by atoms with van der Waals surface area (Å²) in [5, 5.41) is 0. The van der Waals surface area contributed by atoms with Crippen LogP contribution in [0.3, 0.4) is 0 Å². The van der Waals surface area contributed by atoms with E-state index in [2.05, 4.69) is 15.0 Å². The van der Waals surface area contributed by atoms with Crippen LogP contribution in [0.1, 0.15) is 5.69 Å². The van der Waals surface area contributed by atoms with Crippen LogP contribution < -0.4 is 10.5 Å². The maximum atomic E-state index is 5.75. The summed E-state index contributed by atoms with van der Waals surface area (Å²) in [6.45, 7) is 1.95. The zero-order valence-corrected chi connectivity index (χ0v) is 11.5. The molecule has 0 bridgehead atoms. The van der Waals surface area contributed by atoms with Crippen LogP contribution in [0.5, 0.6) is 11.5 Å². The van der Waals surface area contributed by atoms with E-state index in [0.717, 1.165) is 17.0 Å². The normalized spacial score (nSPS) is 10.3. The fourth-order valence-corrected chi connectivity index (χ4v) is 1.93. The summed E-state index contributed by atoms with van der Waals surface area (Å²) in [6.07, 6.45) is 5.07. The molecule has 0 aliphatic heterocycles. The van der Waals surface area contributed by atoms with Crippen molar-refractivity contribution in [3.05, 3.63) is 60.7 Å². The molecule has 0 aliphatic carbocycles. The second-order valence-corrected chi connectivity index (χ2v) is 4.58. The Morgan fingerprint density at radius 3 is 2.52 bits per heavy atom. The lowest BCUT2D eigenvalue weighted by Gasteiger charge is -2.07. The van der Waals surface area contributed by atoms with Crippen molar-refractivity contribution in [3.63, 3.8) is 0 Å². The van der Waals surface area contributed by atoms with E-state index >= 15 is 0 Å². The van der Waals surface area contributed by atoms with E-state index < -0.39 is 0 Å². The van der Waals surface area contributed by atoms with Crippen molar-refractivity contribution in [2.75, 3.05) is 5.73 Å². The number of hydrogen-bond donors (Lipinski definition) is 1. The van der Waals surface area contributed by atoms with Gasteiger partial charge in [0.2, 0.25) is 0 Å². The third-order valence-electron chi connectivity index (χ3n) is 2.92. The van der Waals surface area contributed by atoms with Crippen LogP contribution >= 0.6 is 0 Å². The molecule has 0 saturated carbocycles. The predicted molar refractivity (Wildman–Crippen MR) is 80.9 cm³/mol. The molecule has 5 nitrogen and oxygen atoms in total. The molecule has 3 heterocycles. The highest BCUT2D eigenvalue weighted by atomic mass is 16.5. The highest BCUT2D eigenvalue weighted by Gasteiger charge is 2.04. The van der Waals surface area contributed by atoms with Crippen LogP contribution in [0.4, 0.5) is 5.82 Å². The zero-order valence-electron chi connectivity index (χ0n) is 11.5. The number of nitrogens with two attached hydrogens (primary N) is 1. The van der Waals surface area contributed by atoms with Crippen LogP contribution in [0, 0.1) is 6.92 Å². The maximum Gasteiger partial charge on any atom is 0.145 e. The van der Waals surface area contributed by atoms with E-state index in [4.69, 9.17) is 10.5 Å². The average molecular weight is 278 g/mol. The fourth-order valence-electron chi connectivity index (χ4n) is 1.93. The summed E-state index contributed by atoms with van der Waals surface area (Å²) in [5.41, 5.74) is 8.34. The molecule has 3 aromatic rings. The van der Waals surface area contributed by atoms with E-state index in [9.17, 15) is 0 Å². The molecular formula is C16H14N4O. The van der Waals surface area contributed by atoms with Gasteiger partial charge in [0.25, 0.3) is 0 Å². The first-order valence-electron chi connectivity index (χ1n) is 6.49. The summed E-state index contributed by atoms with van der Waals surface area (Å²) in [7, 11) is 0. The van der Waals surface area contributed by atoms with Gasteiger partial charge < -0.3 is 10.5 Å². The van der Waals surface area contributed by atoms with Gasteiger partial charge in [0.15, 0.2) is 0 Å². The van der Waals surface area contributed by atoms with Gasteiger partial charge in [0.1, 0.15) is 17.3 Å². The number of pyridine rings is 3. The van der Waals surface area contributed by atoms with E-state index in [1.807, 2.05) is 25.1 Å². The minimum absolute atomic E-state index is 0.463. The molecule has 3 rings (SSSR count). The quantitative estimate of drug-likeness (QED) is 0.796. The van der Waals surface area contributed by atoms with Crippen molar-refractivity contribution >= 4 is 5.82 Å². The van der Waals surface area contributed by atoms with Crippen molar-refractivity contribution in [3.8, 4) is 22.8 Å². The number of aromatic nitrogens is 3. The monoisotopic (exact) mass is 278 g/mol. The van der Waals surface area contributed by atoms with Gasteiger partial charge in [0, 0.05) is 29.7 Å². The fraction of sp³-hybridized carbons (Fsp3) is 0.0625. The Kier molecular flexibility index (Phi) is 3.47. The van der Waals surface area contributed by atoms with Crippen LogP contribution in [0.15, 0.2) is 55.0 Å². The topological polar surface area (TPSA) is 73.9 Å². The molecule has 0 amide bonds. The van der Waals surface area contributed by atoms with E-state index in [0.29, 0.717) is 17.3 Å². The SMILES string of the molecule is Cc1cc(-c2cc(Oc3ccc(N)nc3)ccn2)ccn1. The summed E-state index contributed by atoms with van der Waals surface area (Å²) in [5.74, 6) is 1.79. The maximum absolute atomic E-state index is 5.75. The molecule has 2 N–H and O–H groups in total. The first-order chi connectivity index (χ1) is 10.2. The molecular weight excluding hydrogens is 264 g/mol. The molecule has 21 heavy (non-hydrogen) atoms. The van der Waals surface area contributed by atoms with Gasteiger partial charge in [-0.1, -0.05) is 0 Å². The minimum Gasteiger partial charge on any atom is -0.456 e. The van der Waals surface area contributed by atoms with Gasteiger partial charge in [-0.05, 0) is 37.3 Å².